The molecule has 5 heteroatoms. The van der Waals surface area contributed by atoms with E-state index in [1.807, 2.05) is 11.8 Å². The van der Waals surface area contributed by atoms with Gasteiger partial charge in [-0.25, -0.2) is 0 Å². The molecule has 0 spiro atoms. The fraction of sp³-hybridized carbons (Fsp3) is 0.900. The molecule has 2 aliphatic rings. The Kier molecular flexibility index (Phi) is 3.23. The molecule has 15 heavy (non-hydrogen) atoms. The summed E-state index contributed by atoms with van der Waals surface area (Å²) >= 11 is 0. The van der Waals surface area contributed by atoms with Gasteiger partial charge in [-0.05, 0) is 6.92 Å². The van der Waals surface area contributed by atoms with Crippen molar-refractivity contribution >= 4 is 5.91 Å². The smallest absolute Gasteiger partial charge is 0.230 e. The molecular formula is C10H18N2O3. The molecule has 2 rings (SSSR count). The number of carbonyl (C=O) groups excluding carboxylic acids is 1. The van der Waals surface area contributed by atoms with Crippen molar-refractivity contribution in [2.24, 2.45) is 11.7 Å². The molecule has 2 saturated heterocycles. The molecule has 86 valence electrons. The lowest BCUT2D eigenvalue weighted by atomic mass is 10.0. The number of amides is 1. The molecule has 0 aromatic rings. The minimum Gasteiger partial charge on any atom is -0.379 e. The Bertz CT molecular complexity index is 247. The van der Waals surface area contributed by atoms with Crippen LogP contribution < -0.4 is 5.73 Å². The quantitative estimate of drug-likeness (QED) is 0.621. The Balaban J connectivity index is 1.99. The summed E-state index contributed by atoms with van der Waals surface area (Å²) in [6.45, 7) is 4.87. The molecule has 2 heterocycles. The van der Waals surface area contributed by atoms with E-state index in [1.165, 1.54) is 0 Å². The molecular weight excluding hydrogens is 196 g/mol. The van der Waals surface area contributed by atoms with Crippen molar-refractivity contribution in [3.05, 3.63) is 0 Å². The van der Waals surface area contributed by atoms with Crippen LogP contribution in [0.1, 0.15) is 6.92 Å². The van der Waals surface area contributed by atoms with Crippen molar-refractivity contribution in [3.8, 4) is 0 Å². The number of nitrogens with two attached hydrogens (primary N) is 1. The van der Waals surface area contributed by atoms with Crippen molar-refractivity contribution < 1.29 is 14.3 Å². The lowest BCUT2D eigenvalue weighted by Crippen LogP contribution is -2.52. The highest BCUT2D eigenvalue weighted by molar-refractivity contribution is 5.80. The predicted molar refractivity (Wildman–Crippen MR) is 54.3 cm³/mol. The fourth-order valence-corrected chi connectivity index (χ4v) is 2.09. The van der Waals surface area contributed by atoms with E-state index in [0.29, 0.717) is 33.0 Å². The first-order valence-corrected chi connectivity index (χ1v) is 5.41. The van der Waals surface area contributed by atoms with Crippen molar-refractivity contribution in [2.75, 3.05) is 33.0 Å². The molecule has 0 aliphatic carbocycles. The summed E-state index contributed by atoms with van der Waals surface area (Å²) in [6.07, 6.45) is 0. The van der Waals surface area contributed by atoms with Crippen LogP contribution >= 0.6 is 0 Å². The third-order valence-corrected chi connectivity index (χ3v) is 3.09. The van der Waals surface area contributed by atoms with Crippen molar-refractivity contribution in [1.82, 2.24) is 4.90 Å². The van der Waals surface area contributed by atoms with E-state index in [1.54, 1.807) is 0 Å². The van der Waals surface area contributed by atoms with Gasteiger partial charge in [-0.15, -0.1) is 0 Å². The minimum atomic E-state index is -0.162. The molecule has 0 bridgehead atoms. The number of hydrogen-bond acceptors (Lipinski definition) is 4. The number of ether oxygens (including phenoxy) is 2. The van der Waals surface area contributed by atoms with Crippen molar-refractivity contribution in [3.63, 3.8) is 0 Å². The van der Waals surface area contributed by atoms with E-state index >= 15 is 0 Å². The summed E-state index contributed by atoms with van der Waals surface area (Å²) in [4.78, 5) is 14.0. The molecule has 5 nitrogen and oxygen atoms in total. The third-order valence-electron chi connectivity index (χ3n) is 3.09. The number of morpholine rings is 1. The first-order chi connectivity index (χ1) is 7.20. The summed E-state index contributed by atoms with van der Waals surface area (Å²) in [5.41, 5.74) is 5.83. The fourth-order valence-electron chi connectivity index (χ4n) is 2.09. The van der Waals surface area contributed by atoms with Crippen LogP contribution in [0, 0.1) is 5.92 Å². The zero-order valence-electron chi connectivity index (χ0n) is 9.02. The second-order valence-electron chi connectivity index (χ2n) is 4.26. The Labute approximate surface area is 89.5 Å². The second-order valence-corrected chi connectivity index (χ2v) is 4.26. The standard InChI is InChI=1S/C10H18N2O3/c1-7-4-14-3-2-12(7)10(13)8-5-15-6-9(8)11/h7-9H,2-6,11H2,1H3. The van der Waals surface area contributed by atoms with E-state index in [-0.39, 0.29) is 23.9 Å². The van der Waals surface area contributed by atoms with Gasteiger partial charge >= 0.3 is 0 Å². The zero-order valence-corrected chi connectivity index (χ0v) is 9.02. The minimum absolute atomic E-state index is 0.121. The van der Waals surface area contributed by atoms with Crippen LogP contribution in [0.5, 0.6) is 0 Å². The number of hydrogen-bond donors (Lipinski definition) is 1. The monoisotopic (exact) mass is 214 g/mol. The molecule has 3 atom stereocenters. The molecule has 2 aliphatic heterocycles. The van der Waals surface area contributed by atoms with Crippen LogP contribution in [0.15, 0.2) is 0 Å². The lowest BCUT2D eigenvalue weighted by molar-refractivity contribution is -0.143. The van der Waals surface area contributed by atoms with Crippen LogP contribution in [-0.4, -0.2) is 55.9 Å². The summed E-state index contributed by atoms with van der Waals surface area (Å²) in [5.74, 6) is -0.0404. The van der Waals surface area contributed by atoms with Gasteiger partial charge in [0.2, 0.25) is 5.91 Å². The van der Waals surface area contributed by atoms with Gasteiger partial charge in [0.25, 0.3) is 0 Å². The number of carbonyl (C=O) groups is 1. The average Bonchev–Trinajstić information content (AvgIpc) is 2.64. The second kappa shape index (κ2) is 4.47. The van der Waals surface area contributed by atoms with Crippen LogP contribution in [0.3, 0.4) is 0 Å². The third kappa shape index (κ3) is 2.14. The number of rotatable bonds is 1. The molecule has 0 radical (unpaired) electrons. The summed E-state index contributed by atoms with van der Waals surface area (Å²) in [5, 5.41) is 0. The molecule has 1 amide bonds. The van der Waals surface area contributed by atoms with Crippen LogP contribution in [0.4, 0.5) is 0 Å². The highest BCUT2D eigenvalue weighted by Crippen LogP contribution is 2.18. The van der Waals surface area contributed by atoms with Gasteiger partial charge < -0.3 is 20.1 Å². The summed E-state index contributed by atoms with van der Waals surface area (Å²) < 4.78 is 10.5. The van der Waals surface area contributed by atoms with Gasteiger partial charge in [-0.3, -0.25) is 4.79 Å². The predicted octanol–water partition coefficient (Wildman–Crippen LogP) is -0.793. The molecule has 3 unspecified atom stereocenters. The maximum Gasteiger partial charge on any atom is 0.230 e. The summed E-state index contributed by atoms with van der Waals surface area (Å²) in [7, 11) is 0. The lowest BCUT2D eigenvalue weighted by Gasteiger charge is -2.35. The average molecular weight is 214 g/mol. The van der Waals surface area contributed by atoms with E-state index in [4.69, 9.17) is 15.2 Å². The zero-order chi connectivity index (χ0) is 10.8. The largest absolute Gasteiger partial charge is 0.379 e. The van der Waals surface area contributed by atoms with Gasteiger partial charge in [-0.2, -0.15) is 0 Å². The van der Waals surface area contributed by atoms with Gasteiger partial charge in [0.1, 0.15) is 0 Å². The van der Waals surface area contributed by atoms with E-state index in [9.17, 15) is 4.79 Å². The molecule has 0 saturated carbocycles. The SMILES string of the molecule is CC1COCCN1C(=O)C1COCC1N. The van der Waals surface area contributed by atoms with Gasteiger partial charge in [0.15, 0.2) is 0 Å². The highest BCUT2D eigenvalue weighted by atomic mass is 16.5. The van der Waals surface area contributed by atoms with Crippen LogP contribution in [-0.2, 0) is 14.3 Å². The van der Waals surface area contributed by atoms with Gasteiger partial charge in [0, 0.05) is 12.6 Å². The van der Waals surface area contributed by atoms with Crippen molar-refractivity contribution in [2.45, 2.75) is 19.0 Å². The molecule has 2 fully saturated rings. The first-order valence-electron chi connectivity index (χ1n) is 5.41. The van der Waals surface area contributed by atoms with E-state index in [0.717, 1.165) is 0 Å². The Morgan fingerprint density at radius 1 is 1.33 bits per heavy atom. The van der Waals surface area contributed by atoms with E-state index in [2.05, 4.69) is 0 Å². The highest BCUT2D eigenvalue weighted by Gasteiger charge is 2.36. The van der Waals surface area contributed by atoms with Gasteiger partial charge in [0.05, 0.1) is 38.4 Å². The Hall–Kier alpha value is -0.650. The first kappa shape index (κ1) is 10.9. The number of nitrogens with zero attached hydrogens (tertiary/aromatic N) is 1. The maximum absolute atomic E-state index is 12.1. The van der Waals surface area contributed by atoms with Crippen LogP contribution in [0.25, 0.3) is 0 Å². The Morgan fingerprint density at radius 3 is 2.73 bits per heavy atom. The Morgan fingerprint density at radius 2 is 2.13 bits per heavy atom. The summed E-state index contributed by atoms with van der Waals surface area (Å²) in [6, 6.07) is 0.00611. The normalized spacial score (nSPS) is 36.9. The van der Waals surface area contributed by atoms with E-state index < -0.39 is 0 Å². The maximum atomic E-state index is 12.1. The van der Waals surface area contributed by atoms with Gasteiger partial charge in [-0.1, -0.05) is 0 Å². The van der Waals surface area contributed by atoms with Crippen LogP contribution in [0.2, 0.25) is 0 Å². The molecule has 2 N–H and O–H groups in total. The molecule has 0 aromatic heterocycles. The van der Waals surface area contributed by atoms with Crippen molar-refractivity contribution in [1.29, 1.82) is 0 Å². The molecule has 0 aromatic carbocycles. The topological polar surface area (TPSA) is 64.8 Å².